The van der Waals surface area contributed by atoms with Crippen molar-refractivity contribution in [1.29, 1.82) is 0 Å². The molecule has 0 aliphatic heterocycles. The van der Waals surface area contributed by atoms with Crippen LogP contribution in [0.3, 0.4) is 0 Å². The fourth-order valence-corrected chi connectivity index (χ4v) is 11.1. The third-order valence-corrected chi connectivity index (χ3v) is 17.0. The molecule has 0 radical (unpaired) electrons. The van der Waals surface area contributed by atoms with Crippen LogP contribution in [0.1, 0.15) is 324 Å². The smallest absolute Gasteiger partial charge is 0.462 e. The summed E-state index contributed by atoms with van der Waals surface area (Å²) in [5.74, 6) is -1.37. The minimum atomic E-state index is -4.94. The second-order valence-electron chi connectivity index (χ2n) is 23.4. The highest BCUT2D eigenvalue weighted by Gasteiger charge is 2.30. The van der Waals surface area contributed by atoms with Crippen molar-refractivity contribution in [3.8, 4) is 0 Å². The van der Waals surface area contributed by atoms with Gasteiger partial charge >= 0.3 is 39.5 Å². The van der Waals surface area contributed by atoms with Crippen molar-refractivity contribution in [3.63, 3.8) is 0 Å². The lowest BCUT2D eigenvalue weighted by Crippen LogP contribution is -2.30. The van der Waals surface area contributed by atoms with Crippen LogP contribution >= 0.6 is 15.6 Å². The van der Waals surface area contributed by atoms with Gasteiger partial charge in [-0.3, -0.25) is 37.3 Å². The maximum atomic E-state index is 13.0. The number of hydrogen-bond donors (Lipinski definition) is 3. The molecule has 0 amide bonds. The second kappa shape index (κ2) is 57.8. The molecule has 0 saturated carbocycles. The van der Waals surface area contributed by atoms with Gasteiger partial charge in [0.1, 0.15) is 19.3 Å². The molecule has 0 spiro atoms. The van der Waals surface area contributed by atoms with E-state index in [0.717, 1.165) is 102 Å². The zero-order valence-electron chi connectivity index (χ0n) is 53.3. The van der Waals surface area contributed by atoms with Gasteiger partial charge in [0.15, 0.2) is 12.2 Å². The zero-order valence-corrected chi connectivity index (χ0v) is 55.1. The van der Waals surface area contributed by atoms with Crippen molar-refractivity contribution in [2.24, 2.45) is 5.92 Å². The van der Waals surface area contributed by atoms with E-state index in [1.807, 2.05) is 0 Å². The van der Waals surface area contributed by atoms with Crippen LogP contribution in [0.15, 0.2) is 0 Å². The monoisotopic (exact) mass is 1230 g/mol. The van der Waals surface area contributed by atoms with E-state index in [-0.39, 0.29) is 25.7 Å². The summed E-state index contributed by atoms with van der Waals surface area (Å²) in [6, 6.07) is 0. The molecule has 0 aliphatic rings. The van der Waals surface area contributed by atoms with Crippen molar-refractivity contribution in [1.82, 2.24) is 0 Å². The predicted molar refractivity (Wildman–Crippen MR) is 331 cm³/mol. The Morgan fingerprint density at radius 1 is 0.337 bits per heavy atom. The van der Waals surface area contributed by atoms with Gasteiger partial charge in [0.25, 0.3) is 0 Å². The Hall–Kier alpha value is -1.94. The Morgan fingerprint density at radius 2 is 0.578 bits per heavy atom. The van der Waals surface area contributed by atoms with Gasteiger partial charge in [0.05, 0.1) is 26.4 Å². The Bertz CT molecular complexity index is 1620. The van der Waals surface area contributed by atoms with Crippen LogP contribution in [-0.4, -0.2) is 96.7 Å². The lowest BCUT2D eigenvalue weighted by Gasteiger charge is -2.21. The quantitative estimate of drug-likeness (QED) is 0.0222. The van der Waals surface area contributed by atoms with E-state index in [0.29, 0.717) is 25.7 Å². The number of hydrogen-bond acceptors (Lipinski definition) is 15. The molecule has 0 fully saturated rings. The van der Waals surface area contributed by atoms with Crippen molar-refractivity contribution in [3.05, 3.63) is 0 Å². The van der Waals surface area contributed by atoms with E-state index in [9.17, 15) is 43.2 Å². The van der Waals surface area contributed by atoms with Gasteiger partial charge in [0, 0.05) is 25.7 Å². The van der Waals surface area contributed by atoms with Crippen LogP contribution in [0.25, 0.3) is 0 Å². The van der Waals surface area contributed by atoms with Crippen molar-refractivity contribution in [2.75, 3.05) is 39.6 Å². The number of aliphatic hydroxyl groups is 1. The molecule has 0 aromatic rings. The van der Waals surface area contributed by atoms with Gasteiger partial charge in [-0.25, -0.2) is 9.13 Å². The lowest BCUT2D eigenvalue weighted by molar-refractivity contribution is -0.161. The van der Waals surface area contributed by atoms with Crippen molar-refractivity contribution in [2.45, 2.75) is 342 Å². The standard InChI is InChI=1S/C64H124O17P2/c1-6-10-13-16-18-20-22-24-26-28-33-38-43-48-62(67)75-54-60(81-63(68)49-44-39-34-29-27-25-23-21-19-17-14-11-7-2)56-79-83(72,73)77-52-58(65)51-76-82(70,71)78-55-59(53-74-61(66)47-42-36-15-12-8-3)80-64(69)50-45-40-35-31-30-32-37-41-46-57(5)9-4/h57-60,65H,6-56H2,1-5H3,(H,70,71)(H,72,73)/t57?,58-,59+,60+/m0/s1. The van der Waals surface area contributed by atoms with Crippen LogP contribution in [0, 0.1) is 5.92 Å². The third-order valence-electron chi connectivity index (χ3n) is 15.1. The molecule has 0 heterocycles. The SMILES string of the molecule is CCCCCCCCCCCCCCCC(=O)OC[C@H](COP(=O)(O)OC[C@@H](O)COP(=O)(O)OC[C@@H](COC(=O)CCCCCCC)OC(=O)CCCCCCCCCCC(C)CC)OC(=O)CCCCCCCCCCCCCCC. The fraction of sp³-hybridized carbons (Fsp3) is 0.938. The topological polar surface area (TPSA) is 237 Å². The minimum absolute atomic E-state index is 0.104. The number of unbranched alkanes of at least 4 members (excludes halogenated alkanes) is 35. The van der Waals surface area contributed by atoms with Gasteiger partial charge in [-0.05, 0) is 31.6 Å². The first-order chi connectivity index (χ1) is 40.1. The first-order valence-electron chi connectivity index (χ1n) is 33.7. The molecule has 0 bridgehead atoms. The molecule has 6 atom stereocenters. The Kier molecular flexibility index (Phi) is 56.4. The molecule has 0 aromatic carbocycles. The first kappa shape index (κ1) is 81.1. The number of esters is 4. The fourth-order valence-electron chi connectivity index (χ4n) is 9.55. The van der Waals surface area contributed by atoms with Gasteiger partial charge < -0.3 is 33.8 Å². The van der Waals surface area contributed by atoms with Crippen LogP contribution in [0.5, 0.6) is 0 Å². The highest BCUT2D eigenvalue weighted by molar-refractivity contribution is 7.47. The third kappa shape index (κ3) is 57.6. The number of ether oxygens (including phenoxy) is 4. The van der Waals surface area contributed by atoms with Crippen molar-refractivity contribution < 1.29 is 80.2 Å². The largest absolute Gasteiger partial charge is 0.472 e. The maximum absolute atomic E-state index is 13.0. The number of phosphoric acid groups is 2. The van der Waals surface area contributed by atoms with Gasteiger partial charge in [-0.1, -0.05) is 272 Å². The molecule has 17 nitrogen and oxygen atoms in total. The molecule has 492 valence electrons. The molecule has 0 saturated heterocycles. The molecule has 0 aliphatic carbocycles. The summed E-state index contributed by atoms with van der Waals surface area (Å²) in [4.78, 5) is 72.0. The molecule has 3 N–H and O–H groups in total. The Labute approximate surface area is 505 Å². The lowest BCUT2D eigenvalue weighted by atomic mass is 9.99. The number of phosphoric ester groups is 2. The van der Waals surface area contributed by atoms with Crippen LogP contribution < -0.4 is 0 Å². The van der Waals surface area contributed by atoms with E-state index in [1.165, 1.54) is 141 Å². The summed E-state index contributed by atoms with van der Waals surface area (Å²) < 4.78 is 67.8. The Balaban J connectivity index is 5.18. The number of aliphatic hydroxyl groups excluding tert-OH is 1. The molecule has 19 heteroatoms. The van der Waals surface area contributed by atoms with Gasteiger partial charge in [-0.15, -0.1) is 0 Å². The highest BCUT2D eigenvalue weighted by atomic mass is 31.2. The first-order valence-corrected chi connectivity index (χ1v) is 36.7. The summed E-state index contributed by atoms with van der Waals surface area (Å²) in [6.07, 6.45) is 41.9. The second-order valence-corrected chi connectivity index (χ2v) is 26.3. The molecular weight excluding hydrogens is 1100 g/mol. The van der Waals surface area contributed by atoms with E-state index in [4.69, 9.17) is 37.0 Å². The van der Waals surface area contributed by atoms with E-state index >= 15 is 0 Å². The summed E-state index contributed by atoms with van der Waals surface area (Å²) >= 11 is 0. The normalized spacial score (nSPS) is 14.6. The minimum Gasteiger partial charge on any atom is -0.462 e. The van der Waals surface area contributed by atoms with Gasteiger partial charge in [0.2, 0.25) is 0 Å². The number of rotatable bonds is 64. The number of carbonyl (C=O) groups excluding carboxylic acids is 4. The maximum Gasteiger partial charge on any atom is 0.472 e. The zero-order chi connectivity index (χ0) is 61.3. The summed E-state index contributed by atoms with van der Waals surface area (Å²) in [7, 11) is -9.88. The van der Waals surface area contributed by atoms with Gasteiger partial charge in [-0.2, -0.15) is 0 Å². The molecule has 3 unspecified atom stereocenters. The van der Waals surface area contributed by atoms with Crippen LogP contribution in [-0.2, 0) is 65.4 Å². The summed E-state index contributed by atoms with van der Waals surface area (Å²) in [5.41, 5.74) is 0. The average molecular weight is 1230 g/mol. The van der Waals surface area contributed by atoms with E-state index in [1.54, 1.807) is 0 Å². The average Bonchev–Trinajstić information content (AvgIpc) is 3.47. The van der Waals surface area contributed by atoms with E-state index in [2.05, 4.69) is 34.6 Å². The molecular formula is C64H124O17P2. The predicted octanol–water partition coefficient (Wildman–Crippen LogP) is 17.8. The molecule has 0 rings (SSSR count). The van der Waals surface area contributed by atoms with E-state index < -0.39 is 97.5 Å². The van der Waals surface area contributed by atoms with Crippen LogP contribution in [0.4, 0.5) is 0 Å². The van der Waals surface area contributed by atoms with Crippen LogP contribution in [0.2, 0.25) is 0 Å². The highest BCUT2D eigenvalue weighted by Crippen LogP contribution is 2.45. The Morgan fingerprint density at radius 3 is 0.855 bits per heavy atom. The molecule has 0 aromatic heterocycles. The summed E-state index contributed by atoms with van der Waals surface area (Å²) in [5, 5.41) is 10.5. The number of carbonyl (C=O) groups is 4. The van der Waals surface area contributed by atoms with Crippen molar-refractivity contribution >= 4 is 39.5 Å². The molecule has 83 heavy (non-hydrogen) atoms. The summed E-state index contributed by atoms with van der Waals surface area (Å²) in [6.45, 7) is 7.11.